The van der Waals surface area contributed by atoms with E-state index in [0.29, 0.717) is 5.69 Å². The van der Waals surface area contributed by atoms with Crippen LogP contribution in [0.2, 0.25) is 0 Å². The monoisotopic (exact) mass is 462 g/mol. The maximum absolute atomic E-state index is 13.6. The van der Waals surface area contributed by atoms with Gasteiger partial charge in [-0.3, -0.25) is 19.8 Å². The first-order valence-corrected chi connectivity index (χ1v) is 10.5. The fourth-order valence-electron chi connectivity index (χ4n) is 3.97. The summed E-state index contributed by atoms with van der Waals surface area (Å²) in [6, 6.07) is 17.8. The van der Waals surface area contributed by atoms with Crippen LogP contribution >= 0.6 is 0 Å². The normalized spacial score (nSPS) is 14.3. The molecule has 0 fully saturated rings. The van der Waals surface area contributed by atoms with Crippen molar-refractivity contribution in [2.75, 3.05) is 19.1 Å². The lowest BCUT2D eigenvalue weighted by molar-refractivity contribution is -0.385. The summed E-state index contributed by atoms with van der Waals surface area (Å²) >= 11 is 0. The maximum Gasteiger partial charge on any atom is 0.329 e. The fraction of sp³-hybridized carbons (Fsp3) is 0.200. The van der Waals surface area contributed by atoms with E-state index in [0.717, 1.165) is 11.1 Å². The Kier molecular flexibility index (Phi) is 6.44. The van der Waals surface area contributed by atoms with E-state index in [1.807, 2.05) is 30.3 Å². The smallest absolute Gasteiger partial charge is 0.329 e. The Morgan fingerprint density at radius 1 is 1.03 bits per heavy atom. The molecule has 0 aromatic heterocycles. The average Bonchev–Trinajstić information content (AvgIpc) is 3.26. The van der Waals surface area contributed by atoms with Gasteiger partial charge in [0.15, 0.2) is 11.5 Å². The van der Waals surface area contributed by atoms with Gasteiger partial charge in [-0.1, -0.05) is 48.5 Å². The molecular weight excluding hydrogens is 440 g/mol. The number of nitro benzene ring substituents is 1. The van der Waals surface area contributed by atoms with E-state index in [1.165, 1.54) is 31.3 Å². The van der Waals surface area contributed by atoms with Gasteiger partial charge in [0, 0.05) is 18.2 Å². The van der Waals surface area contributed by atoms with Crippen molar-refractivity contribution in [3.63, 3.8) is 0 Å². The van der Waals surface area contributed by atoms with Crippen LogP contribution in [0.3, 0.4) is 0 Å². The summed E-state index contributed by atoms with van der Waals surface area (Å²) in [4.78, 5) is 38.6. The molecule has 1 aliphatic rings. The van der Waals surface area contributed by atoms with E-state index < -0.39 is 28.5 Å². The molecule has 0 radical (unpaired) electrons. The molecule has 174 valence electrons. The highest BCUT2D eigenvalue weighted by atomic mass is 16.6. The van der Waals surface area contributed by atoms with Gasteiger partial charge in [0.2, 0.25) is 0 Å². The van der Waals surface area contributed by atoms with Gasteiger partial charge >= 0.3 is 5.97 Å². The predicted molar refractivity (Wildman–Crippen MR) is 123 cm³/mol. The van der Waals surface area contributed by atoms with Crippen LogP contribution in [-0.4, -0.2) is 37.1 Å². The molecule has 3 aromatic carbocycles. The van der Waals surface area contributed by atoms with Crippen molar-refractivity contribution in [1.82, 2.24) is 0 Å². The Hall–Kier alpha value is -4.40. The Morgan fingerprint density at radius 2 is 1.74 bits per heavy atom. The molecule has 0 bridgehead atoms. The number of hydrogen-bond acceptors (Lipinski definition) is 7. The molecule has 0 aliphatic carbocycles. The summed E-state index contributed by atoms with van der Waals surface area (Å²) < 4.78 is 16.0. The van der Waals surface area contributed by atoms with Crippen LogP contribution in [-0.2, 0) is 22.6 Å². The van der Waals surface area contributed by atoms with Crippen molar-refractivity contribution < 1.29 is 28.7 Å². The first kappa shape index (κ1) is 22.8. The number of nitrogens with zero attached hydrogens (tertiary/aromatic N) is 2. The number of nitro groups is 1. The van der Waals surface area contributed by atoms with E-state index in [9.17, 15) is 19.7 Å². The lowest BCUT2D eigenvalue weighted by Gasteiger charge is -2.24. The molecule has 9 heteroatoms. The second kappa shape index (κ2) is 9.62. The minimum absolute atomic E-state index is 0.126. The number of carbonyl (C=O) groups excluding carboxylic acids is 2. The predicted octanol–water partition coefficient (Wildman–Crippen LogP) is 3.93. The SMILES string of the molecule is COC(=O)C1Cc2ccccc2N1C(=O)c1cc(OC)c(OCc2ccccc2)cc1[N+](=O)[O-]. The third-order valence-corrected chi connectivity index (χ3v) is 5.61. The molecule has 1 aliphatic heterocycles. The lowest BCUT2D eigenvalue weighted by atomic mass is 10.1. The third-order valence-electron chi connectivity index (χ3n) is 5.61. The molecule has 34 heavy (non-hydrogen) atoms. The highest BCUT2D eigenvalue weighted by Gasteiger charge is 2.41. The molecule has 9 nitrogen and oxygen atoms in total. The Bertz CT molecular complexity index is 1240. The maximum atomic E-state index is 13.6. The van der Waals surface area contributed by atoms with E-state index in [2.05, 4.69) is 0 Å². The van der Waals surface area contributed by atoms with E-state index in [-0.39, 0.29) is 30.1 Å². The summed E-state index contributed by atoms with van der Waals surface area (Å²) in [6.45, 7) is 0.158. The summed E-state index contributed by atoms with van der Waals surface area (Å²) in [6.07, 6.45) is 0.248. The number of methoxy groups -OCH3 is 2. The quantitative estimate of drug-likeness (QED) is 0.297. The van der Waals surface area contributed by atoms with Crippen LogP contribution in [0, 0.1) is 10.1 Å². The first-order valence-electron chi connectivity index (χ1n) is 10.5. The number of para-hydroxylation sites is 1. The molecule has 1 unspecified atom stereocenters. The average molecular weight is 462 g/mol. The van der Waals surface area contributed by atoms with Gasteiger partial charge in [0.1, 0.15) is 18.2 Å². The van der Waals surface area contributed by atoms with Crippen molar-refractivity contribution in [3.8, 4) is 11.5 Å². The second-order valence-electron chi connectivity index (χ2n) is 7.60. The zero-order chi connectivity index (χ0) is 24.2. The fourth-order valence-corrected chi connectivity index (χ4v) is 3.97. The summed E-state index contributed by atoms with van der Waals surface area (Å²) in [5.41, 5.74) is 1.45. The molecule has 1 atom stereocenters. The molecule has 3 aromatic rings. The van der Waals surface area contributed by atoms with Gasteiger partial charge in [0.25, 0.3) is 11.6 Å². The van der Waals surface area contributed by atoms with E-state index in [4.69, 9.17) is 14.2 Å². The zero-order valence-electron chi connectivity index (χ0n) is 18.6. The molecule has 0 N–H and O–H groups in total. The lowest BCUT2D eigenvalue weighted by Crippen LogP contribution is -2.43. The highest BCUT2D eigenvalue weighted by molar-refractivity contribution is 6.13. The van der Waals surface area contributed by atoms with Gasteiger partial charge in [-0.15, -0.1) is 0 Å². The molecule has 1 heterocycles. The molecular formula is C25H22N2O7. The number of anilines is 1. The number of hydrogen-bond donors (Lipinski definition) is 0. The standard InChI is InChI=1S/C25H22N2O7/c1-32-22-13-18(20(27(30)31)14-23(22)34-15-16-8-4-3-5-9-16)24(28)26-19-11-7-6-10-17(19)12-21(26)25(29)33-2/h3-11,13-14,21H,12,15H2,1-2H3. The van der Waals surface area contributed by atoms with Crippen LogP contribution in [0.1, 0.15) is 21.5 Å². The van der Waals surface area contributed by atoms with Crippen LogP contribution < -0.4 is 14.4 Å². The molecule has 1 amide bonds. The van der Waals surface area contributed by atoms with E-state index >= 15 is 0 Å². The Balaban J connectivity index is 1.74. The molecule has 0 spiro atoms. The minimum Gasteiger partial charge on any atom is -0.493 e. The Morgan fingerprint density at radius 3 is 2.41 bits per heavy atom. The third kappa shape index (κ3) is 4.27. The number of carbonyl (C=O) groups is 2. The van der Waals surface area contributed by atoms with Gasteiger partial charge in [0.05, 0.1) is 25.2 Å². The van der Waals surface area contributed by atoms with Gasteiger partial charge < -0.3 is 14.2 Å². The number of amides is 1. The van der Waals surface area contributed by atoms with Crippen molar-refractivity contribution in [2.45, 2.75) is 19.1 Å². The highest BCUT2D eigenvalue weighted by Crippen LogP contribution is 2.39. The minimum atomic E-state index is -0.936. The topological polar surface area (TPSA) is 108 Å². The number of rotatable bonds is 7. The van der Waals surface area contributed by atoms with Crippen LogP contribution in [0.25, 0.3) is 0 Å². The van der Waals surface area contributed by atoms with Crippen molar-refractivity contribution in [1.29, 1.82) is 0 Å². The molecule has 0 saturated heterocycles. The van der Waals surface area contributed by atoms with Gasteiger partial charge in [-0.05, 0) is 17.2 Å². The van der Waals surface area contributed by atoms with Crippen molar-refractivity contribution in [3.05, 3.63) is 93.5 Å². The van der Waals surface area contributed by atoms with Gasteiger partial charge in [-0.2, -0.15) is 0 Å². The van der Waals surface area contributed by atoms with Crippen molar-refractivity contribution >= 4 is 23.3 Å². The van der Waals surface area contributed by atoms with Crippen LogP contribution in [0.4, 0.5) is 11.4 Å². The van der Waals surface area contributed by atoms with E-state index in [1.54, 1.807) is 24.3 Å². The van der Waals surface area contributed by atoms with Crippen LogP contribution in [0.15, 0.2) is 66.7 Å². The Labute approximate surface area is 195 Å². The largest absolute Gasteiger partial charge is 0.493 e. The summed E-state index contributed by atoms with van der Waals surface area (Å²) in [5.74, 6) is -1.03. The summed E-state index contributed by atoms with van der Waals surface area (Å²) in [7, 11) is 2.62. The number of benzene rings is 3. The van der Waals surface area contributed by atoms with Crippen molar-refractivity contribution in [2.24, 2.45) is 0 Å². The second-order valence-corrected chi connectivity index (χ2v) is 7.60. The number of esters is 1. The number of fused-ring (bicyclic) bond motifs is 1. The van der Waals surface area contributed by atoms with Gasteiger partial charge in [-0.25, -0.2) is 4.79 Å². The van der Waals surface area contributed by atoms with Crippen LogP contribution in [0.5, 0.6) is 11.5 Å². The number of ether oxygens (including phenoxy) is 3. The summed E-state index contributed by atoms with van der Waals surface area (Å²) in [5, 5.41) is 11.9. The molecule has 0 saturated carbocycles. The zero-order valence-corrected chi connectivity index (χ0v) is 18.6. The molecule has 4 rings (SSSR count). The first-order chi connectivity index (χ1) is 16.4.